The summed E-state index contributed by atoms with van der Waals surface area (Å²) in [4.78, 5) is 26.6. The largest absolute Gasteiger partial charge is 0.351 e. The third-order valence-corrected chi connectivity index (χ3v) is 7.15. The van der Waals surface area contributed by atoms with Crippen molar-refractivity contribution in [3.05, 3.63) is 35.4 Å². The number of nitrogens with zero attached hydrogens (tertiary/aromatic N) is 1. The number of fused-ring (bicyclic) bond motifs is 1. The van der Waals surface area contributed by atoms with Crippen molar-refractivity contribution in [2.45, 2.75) is 70.8 Å². The zero-order valence-corrected chi connectivity index (χ0v) is 17.9. The highest BCUT2D eigenvalue weighted by molar-refractivity contribution is 5.82. The zero-order chi connectivity index (χ0) is 20.3. The molecule has 0 aromatic heterocycles. The van der Waals surface area contributed by atoms with Gasteiger partial charge in [0.25, 0.3) is 0 Å². The lowest BCUT2D eigenvalue weighted by atomic mass is 9.68. The summed E-state index contributed by atoms with van der Waals surface area (Å²) in [6, 6.07) is 9.05. The van der Waals surface area contributed by atoms with Crippen molar-refractivity contribution in [3.8, 4) is 0 Å². The van der Waals surface area contributed by atoms with Gasteiger partial charge in [-0.05, 0) is 54.1 Å². The van der Waals surface area contributed by atoms with Crippen LogP contribution in [0.4, 0.5) is 0 Å². The summed E-state index contributed by atoms with van der Waals surface area (Å²) in [5, 5.41) is 3.07. The summed E-state index contributed by atoms with van der Waals surface area (Å²) < 4.78 is 0. The lowest BCUT2D eigenvalue weighted by Crippen LogP contribution is -2.58. The van der Waals surface area contributed by atoms with Gasteiger partial charge in [-0.15, -0.1) is 0 Å². The highest BCUT2D eigenvalue weighted by atomic mass is 16.2. The Kier molecular flexibility index (Phi) is 4.59. The number of nitrogens with one attached hydrogen (secondary N) is 1. The van der Waals surface area contributed by atoms with Gasteiger partial charge in [0, 0.05) is 31.0 Å². The molecule has 0 spiro atoms. The third-order valence-electron chi connectivity index (χ3n) is 7.15. The monoisotopic (exact) mass is 382 g/mol. The van der Waals surface area contributed by atoms with Gasteiger partial charge in [-0.2, -0.15) is 0 Å². The van der Waals surface area contributed by atoms with Gasteiger partial charge < -0.3 is 10.2 Å². The van der Waals surface area contributed by atoms with Gasteiger partial charge >= 0.3 is 0 Å². The molecule has 0 bridgehead atoms. The van der Waals surface area contributed by atoms with Crippen molar-refractivity contribution >= 4 is 11.8 Å². The van der Waals surface area contributed by atoms with E-state index in [4.69, 9.17) is 0 Å². The fraction of sp³-hybridized carbons (Fsp3) is 0.667. The van der Waals surface area contributed by atoms with Crippen molar-refractivity contribution in [2.24, 2.45) is 17.8 Å². The minimum absolute atomic E-state index is 0.0798. The number of carbonyl (C=O) groups excluding carboxylic acids is 2. The van der Waals surface area contributed by atoms with Crippen molar-refractivity contribution in [3.63, 3.8) is 0 Å². The molecule has 1 heterocycles. The van der Waals surface area contributed by atoms with E-state index in [1.165, 1.54) is 11.1 Å². The Morgan fingerprint density at radius 2 is 1.82 bits per heavy atom. The Labute approximate surface area is 169 Å². The van der Waals surface area contributed by atoms with Crippen LogP contribution in [0.2, 0.25) is 0 Å². The molecule has 1 saturated heterocycles. The maximum atomic E-state index is 12.9. The van der Waals surface area contributed by atoms with Crippen LogP contribution in [0.1, 0.15) is 70.9 Å². The van der Waals surface area contributed by atoms with Gasteiger partial charge in [-0.25, -0.2) is 0 Å². The molecule has 3 fully saturated rings. The molecule has 2 aliphatic carbocycles. The first-order valence-electron chi connectivity index (χ1n) is 10.8. The van der Waals surface area contributed by atoms with Crippen LogP contribution in [0.3, 0.4) is 0 Å². The van der Waals surface area contributed by atoms with E-state index in [0.29, 0.717) is 30.1 Å². The van der Waals surface area contributed by atoms with Crippen LogP contribution in [-0.2, 0) is 15.0 Å². The van der Waals surface area contributed by atoms with Crippen LogP contribution in [0.15, 0.2) is 24.3 Å². The summed E-state index contributed by atoms with van der Waals surface area (Å²) >= 11 is 0. The van der Waals surface area contributed by atoms with Gasteiger partial charge in [0.2, 0.25) is 11.8 Å². The molecule has 3 aliphatic rings. The third kappa shape index (κ3) is 3.46. The average molecular weight is 383 g/mol. The maximum absolute atomic E-state index is 12.9. The molecule has 4 rings (SSSR count). The van der Waals surface area contributed by atoms with E-state index in [2.05, 4.69) is 62.2 Å². The highest BCUT2D eigenvalue weighted by Crippen LogP contribution is 2.59. The molecule has 0 radical (unpaired) electrons. The second-order valence-electron chi connectivity index (χ2n) is 10.5. The molecule has 28 heavy (non-hydrogen) atoms. The molecule has 1 aromatic rings. The number of amides is 2. The van der Waals surface area contributed by atoms with Crippen molar-refractivity contribution in [1.29, 1.82) is 0 Å². The van der Waals surface area contributed by atoms with E-state index in [1.54, 1.807) is 0 Å². The summed E-state index contributed by atoms with van der Waals surface area (Å²) in [6.45, 7) is 12.5. The predicted molar refractivity (Wildman–Crippen MR) is 111 cm³/mol. The minimum Gasteiger partial charge on any atom is -0.351 e. The Hall–Kier alpha value is -1.84. The average Bonchev–Trinajstić information content (AvgIpc) is 3.11. The van der Waals surface area contributed by atoms with Gasteiger partial charge in [0.15, 0.2) is 0 Å². The van der Waals surface area contributed by atoms with Crippen LogP contribution in [-0.4, -0.2) is 35.3 Å². The first-order valence-corrected chi connectivity index (χ1v) is 10.8. The Morgan fingerprint density at radius 1 is 1.18 bits per heavy atom. The standard InChI is InChI=1S/C24H34N2O2/c1-6-20(27)25-24(5)11-16(12-24)22(28)26-13-18-19(14-26)21(18)15-8-7-9-17(10-15)23(2,3)4/h7-10,16,18-19,21H,6,11-14H2,1-5H3,(H,25,27)/t16?,18-,19+,21?,24?. The molecule has 4 heteroatoms. The second kappa shape index (κ2) is 6.60. The van der Waals surface area contributed by atoms with Crippen LogP contribution in [0.5, 0.6) is 0 Å². The van der Waals surface area contributed by atoms with Gasteiger partial charge in [-0.3, -0.25) is 9.59 Å². The molecule has 1 unspecified atom stereocenters. The highest BCUT2D eigenvalue weighted by Gasteiger charge is 2.58. The van der Waals surface area contributed by atoms with E-state index in [-0.39, 0.29) is 22.8 Å². The van der Waals surface area contributed by atoms with Crippen molar-refractivity contribution < 1.29 is 9.59 Å². The van der Waals surface area contributed by atoms with Gasteiger partial charge in [0.1, 0.15) is 0 Å². The van der Waals surface area contributed by atoms with E-state index >= 15 is 0 Å². The second-order valence-corrected chi connectivity index (χ2v) is 10.5. The van der Waals surface area contributed by atoms with E-state index < -0.39 is 0 Å². The van der Waals surface area contributed by atoms with Crippen LogP contribution < -0.4 is 5.32 Å². The van der Waals surface area contributed by atoms with E-state index in [9.17, 15) is 9.59 Å². The van der Waals surface area contributed by atoms with E-state index in [1.807, 2.05) is 6.92 Å². The van der Waals surface area contributed by atoms with Crippen LogP contribution in [0, 0.1) is 17.8 Å². The number of benzene rings is 1. The van der Waals surface area contributed by atoms with Crippen molar-refractivity contribution in [1.82, 2.24) is 10.2 Å². The lowest BCUT2D eigenvalue weighted by molar-refractivity contribution is -0.142. The fourth-order valence-corrected chi connectivity index (χ4v) is 5.40. The quantitative estimate of drug-likeness (QED) is 0.860. The minimum atomic E-state index is -0.188. The topological polar surface area (TPSA) is 49.4 Å². The molecule has 4 nitrogen and oxygen atoms in total. The molecule has 2 amide bonds. The fourth-order valence-electron chi connectivity index (χ4n) is 5.40. The normalized spacial score (nSPS) is 33.8. The summed E-state index contributed by atoms with van der Waals surface area (Å²) in [5.74, 6) is 2.36. The Bertz CT molecular complexity index is 776. The number of hydrogen-bond donors (Lipinski definition) is 1. The lowest BCUT2D eigenvalue weighted by Gasteiger charge is -2.46. The van der Waals surface area contributed by atoms with Crippen LogP contribution >= 0.6 is 0 Å². The van der Waals surface area contributed by atoms with E-state index in [0.717, 1.165) is 25.9 Å². The molecular formula is C24H34N2O2. The number of piperidine rings is 1. The number of likely N-dealkylation sites (tertiary alicyclic amines) is 1. The first kappa shape index (κ1) is 19.5. The van der Waals surface area contributed by atoms with Gasteiger partial charge in [-0.1, -0.05) is 52.0 Å². The molecule has 2 saturated carbocycles. The summed E-state index contributed by atoms with van der Waals surface area (Å²) in [6.07, 6.45) is 2.06. The van der Waals surface area contributed by atoms with Gasteiger partial charge in [0.05, 0.1) is 0 Å². The maximum Gasteiger partial charge on any atom is 0.225 e. The number of carbonyl (C=O) groups is 2. The molecule has 3 atom stereocenters. The number of rotatable bonds is 4. The summed E-state index contributed by atoms with van der Waals surface area (Å²) in [7, 11) is 0. The predicted octanol–water partition coefficient (Wildman–Crippen LogP) is 3.85. The zero-order valence-electron chi connectivity index (χ0n) is 17.9. The molecule has 1 aliphatic heterocycles. The molecule has 1 aromatic carbocycles. The summed E-state index contributed by atoms with van der Waals surface area (Å²) in [5.41, 5.74) is 2.83. The number of hydrogen-bond acceptors (Lipinski definition) is 2. The Morgan fingerprint density at radius 3 is 2.39 bits per heavy atom. The smallest absolute Gasteiger partial charge is 0.225 e. The van der Waals surface area contributed by atoms with Crippen LogP contribution in [0.25, 0.3) is 0 Å². The first-order chi connectivity index (χ1) is 13.1. The molecule has 1 N–H and O–H groups in total. The molecule has 152 valence electrons. The Balaban J connectivity index is 1.31. The molecular weight excluding hydrogens is 348 g/mol. The van der Waals surface area contributed by atoms with Crippen molar-refractivity contribution in [2.75, 3.05) is 13.1 Å². The SMILES string of the molecule is CCC(=O)NC1(C)CC(C(=O)N2C[C@@H]3C(c4cccc(C(C)(C)C)c4)[C@@H]3C2)C1.